The normalized spacial score (nSPS) is 19.5. The van der Waals surface area contributed by atoms with Crippen LogP contribution in [0.25, 0.3) is 0 Å². The third kappa shape index (κ3) is 2.96. The van der Waals surface area contributed by atoms with E-state index < -0.39 is 21.3 Å². The van der Waals surface area contributed by atoms with Crippen LogP contribution in [-0.2, 0) is 26.7 Å². The molecule has 1 aliphatic carbocycles. The Morgan fingerprint density at radius 2 is 1.92 bits per heavy atom. The fourth-order valence-electron chi connectivity index (χ4n) is 3.63. The van der Waals surface area contributed by atoms with E-state index in [2.05, 4.69) is 4.72 Å². The molecular formula is C19H20ClNO3S. The molecular weight excluding hydrogens is 358 g/mol. The number of aryl methyl sites for hydroxylation is 1. The average Bonchev–Trinajstić information content (AvgIpc) is 2.96. The second kappa shape index (κ2) is 6.46. The Morgan fingerprint density at radius 1 is 1.20 bits per heavy atom. The van der Waals surface area contributed by atoms with Crippen LogP contribution in [0.4, 0.5) is 0 Å². The monoisotopic (exact) mass is 377 g/mol. The van der Waals surface area contributed by atoms with Crippen molar-refractivity contribution in [2.45, 2.75) is 43.4 Å². The molecule has 3 rings (SSSR count). The quantitative estimate of drug-likeness (QED) is 0.882. The predicted molar refractivity (Wildman–Crippen MR) is 98.2 cm³/mol. The number of carbonyl (C=O) groups is 1. The molecule has 0 saturated heterocycles. The fourth-order valence-corrected chi connectivity index (χ4v) is 5.20. The third-order valence-electron chi connectivity index (χ3n) is 5.08. The summed E-state index contributed by atoms with van der Waals surface area (Å²) < 4.78 is 27.7. The van der Waals surface area contributed by atoms with Crippen LogP contribution < -0.4 is 4.72 Å². The zero-order valence-corrected chi connectivity index (χ0v) is 15.7. The molecule has 0 fully saturated rings. The highest BCUT2D eigenvalue weighted by Crippen LogP contribution is 2.44. The van der Waals surface area contributed by atoms with Gasteiger partial charge in [0.1, 0.15) is 0 Å². The van der Waals surface area contributed by atoms with E-state index in [0.717, 1.165) is 11.1 Å². The molecule has 0 heterocycles. The summed E-state index contributed by atoms with van der Waals surface area (Å²) in [6.45, 7) is 3.61. The first-order valence-electron chi connectivity index (χ1n) is 8.22. The summed E-state index contributed by atoms with van der Waals surface area (Å²) in [6.07, 6.45) is 1.73. The number of halogens is 1. The summed E-state index contributed by atoms with van der Waals surface area (Å²) in [6, 6.07) is 12.1. The van der Waals surface area contributed by atoms with Gasteiger partial charge in [-0.1, -0.05) is 48.9 Å². The van der Waals surface area contributed by atoms with Crippen molar-refractivity contribution >= 4 is 27.5 Å². The molecule has 1 unspecified atom stereocenters. The van der Waals surface area contributed by atoms with Gasteiger partial charge in [-0.3, -0.25) is 4.79 Å². The summed E-state index contributed by atoms with van der Waals surface area (Å²) in [5, 5.41) is 0.627. The molecule has 132 valence electrons. The molecule has 0 saturated carbocycles. The lowest BCUT2D eigenvalue weighted by molar-refractivity contribution is -0.125. The summed E-state index contributed by atoms with van der Waals surface area (Å²) in [5.41, 5.74) is 1.51. The van der Waals surface area contributed by atoms with E-state index in [4.69, 9.17) is 11.6 Å². The molecule has 0 aromatic heterocycles. The van der Waals surface area contributed by atoms with Gasteiger partial charge in [0.25, 0.3) is 10.0 Å². The molecule has 2 aromatic rings. The van der Waals surface area contributed by atoms with Gasteiger partial charge in [0.05, 0.1) is 10.3 Å². The molecule has 6 heteroatoms. The zero-order valence-electron chi connectivity index (χ0n) is 14.2. The van der Waals surface area contributed by atoms with Crippen LogP contribution in [0.15, 0.2) is 47.4 Å². The number of nitrogens with one attached hydrogen (secondary N) is 1. The Hall–Kier alpha value is -1.85. The van der Waals surface area contributed by atoms with E-state index in [0.29, 0.717) is 29.8 Å². The summed E-state index contributed by atoms with van der Waals surface area (Å²) >= 11 is 6.26. The molecule has 25 heavy (non-hydrogen) atoms. The van der Waals surface area contributed by atoms with Gasteiger partial charge in [-0.2, -0.15) is 0 Å². The van der Waals surface area contributed by atoms with Crippen LogP contribution >= 0.6 is 11.6 Å². The van der Waals surface area contributed by atoms with Crippen molar-refractivity contribution < 1.29 is 13.2 Å². The highest BCUT2D eigenvalue weighted by atomic mass is 35.5. The molecule has 1 amide bonds. The van der Waals surface area contributed by atoms with Gasteiger partial charge < -0.3 is 0 Å². The Labute approximate surface area is 153 Å². The van der Waals surface area contributed by atoms with E-state index in [-0.39, 0.29) is 4.90 Å². The number of hydrogen-bond acceptors (Lipinski definition) is 3. The molecule has 0 spiro atoms. The smallest absolute Gasteiger partial charge is 0.264 e. The van der Waals surface area contributed by atoms with Crippen molar-refractivity contribution in [3.63, 3.8) is 0 Å². The maximum Gasteiger partial charge on any atom is 0.264 e. The number of amides is 1. The van der Waals surface area contributed by atoms with Crippen molar-refractivity contribution in [1.82, 2.24) is 4.72 Å². The van der Waals surface area contributed by atoms with Gasteiger partial charge in [-0.25, -0.2) is 13.1 Å². The van der Waals surface area contributed by atoms with Gasteiger partial charge in [-0.15, -0.1) is 0 Å². The van der Waals surface area contributed by atoms with Crippen LogP contribution in [0.5, 0.6) is 0 Å². The number of carbonyl (C=O) groups excluding carboxylic acids is 1. The van der Waals surface area contributed by atoms with E-state index in [1.807, 2.05) is 13.0 Å². The SMILES string of the molecule is CCC1(C(=O)NS(=O)(=O)c2ccccc2C)CCc2c(Cl)cccc21. The highest BCUT2D eigenvalue weighted by Gasteiger charge is 2.45. The molecule has 0 bridgehead atoms. The molecule has 1 atom stereocenters. The minimum absolute atomic E-state index is 0.124. The molecule has 4 nitrogen and oxygen atoms in total. The Kier molecular flexibility index (Phi) is 4.64. The lowest BCUT2D eigenvalue weighted by atomic mass is 9.79. The molecule has 1 N–H and O–H groups in total. The van der Waals surface area contributed by atoms with Crippen molar-refractivity contribution in [2.75, 3.05) is 0 Å². The number of benzene rings is 2. The number of rotatable bonds is 4. The maximum absolute atomic E-state index is 13.0. The zero-order chi connectivity index (χ0) is 18.2. The molecule has 1 aliphatic rings. The van der Waals surface area contributed by atoms with Crippen LogP contribution in [0.3, 0.4) is 0 Å². The number of fused-ring (bicyclic) bond motifs is 1. The van der Waals surface area contributed by atoms with Crippen LogP contribution in [0.2, 0.25) is 5.02 Å². The lowest BCUT2D eigenvalue weighted by Gasteiger charge is -2.28. The minimum atomic E-state index is -3.92. The van der Waals surface area contributed by atoms with E-state index >= 15 is 0 Å². The van der Waals surface area contributed by atoms with Crippen LogP contribution in [0, 0.1) is 6.92 Å². The van der Waals surface area contributed by atoms with Crippen LogP contribution in [0.1, 0.15) is 36.5 Å². The predicted octanol–water partition coefficient (Wildman–Crippen LogP) is 3.75. The van der Waals surface area contributed by atoms with Crippen molar-refractivity contribution in [2.24, 2.45) is 0 Å². The first-order valence-corrected chi connectivity index (χ1v) is 10.1. The maximum atomic E-state index is 13.0. The van der Waals surface area contributed by atoms with Crippen molar-refractivity contribution in [3.05, 3.63) is 64.2 Å². The Balaban J connectivity index is 1.99. The number of sulfonamides is 1. The second-order valence-electron chi connectivity index (χ2n) is 6.40. The highest BCUT2D eigenvalue weighted by molar-refractivity contribution is 7.90. The fraction of sp³-hybridized carbons (Fsp3) is 0.316. The topological polar surface area (TPSA) is 63.2 Å². The third-order valence-corrected chi connectivity index (χ3v) is 6.93. The number of hydrogen-bond donors (Lipinski definition) is 1. The van der Waals surface area contributed by atoms with Gasteiger partial charge in [0.2, 0.25) is 5.91 Å². The van der Waals surface area contributed by atoms with Gasteiger partial charge >= 0.3 is 0 Å². The second-order valence-corrected chi connectivity index (χ2v) is 8.46. The van der Waals surface area contributed by atoms with E-state index in [9.17, 15) is 13.2 Å². The summed E-state index contributed by atoms with van der Waals surface area (Å²) in [4.78, 5) is 13.2. The van der Waals surface area contributed by atoms with Crippen molar-refractivity contribution in [1.29, 1.82) is 0 Å². The molecule has 0 radical (unpaired) electrons. The lowest BCUT2D eigenvalue weighted by Crippen LogP contribution is -2.45. The minimum Gasteiger partial charge on any atom is -0.273 e. The van der Waals surface area contributed by atoms with E-state index in [1.165, 1.54) is 6.07 Å². The van der Waals surface area contributed by atoms with E-state index in [1.54, 1.807) is 37.3 Å². The first-order chi connectivity index (χ1) is 11.8. The standard InChI is InChI=1S/C19H20ClNO3S/c1-3-19(12-11-14-15(19)8-6-9-16(14)20)18(22)21-25(23,24)17-10-5-4-7-13(17)2/h4-10H,3,11-12H2,1-2H3,(H,21,22). The van der Waals surface area contributed by atoms with Gasteiger partial charge in [0.15, 0.2) is 0 Å². The summed E-state index contributed by atoms with van der Waals surface area (Å²) in [7, 11) is -3.92. The molecule has 2 aromatic carbocycles. The Morgan fingerprint density at radius 3 is 2.60 bits per heavy atom. The van der Waals surface area contributed by atoms with Crippen LogP contribution in [-0.4, -0.2) is 14.3 Å². The molecule has 0 aliphatic heterocycles. The van der Waals surface area contributed by atoms with Gasteiger partial charge in [0, 0.05) is 5.02 Å². The largest absolute Gasteiger partial charge is 0.273 e. The first kappa shape index (κ1) is 18.0. The van der Waals surface area contributed by atoms with Gasteiger partial charge in [-0.05, 0) is 55.0 Å². The summed E-state index contributed by atoms with van der Waals surface area (Å²) in [5.74, 6) is -0.487. The van der Waals surface area contributed by atoms with Crippen molar-refractivity contribution in [3.8, 4) is 0 Å². The average molecular weight is 378 g/mol. The Bertz CT molecular complexity index is 939.